The van der Waals surface area contributed by atoms with Crippen LogP contribution in [0, 0.1) is 29.1 Å². The molecule has 1 saturated heterocycles. The zero-order valence-electron chi connectivity index (χ0n) is 17.8. The Balaban J connectivity index is 1.54. The molecule has 160 valence electrons. The van der Waals surface area contributed by atoms with Crippen LogP contribution in [0.1, 0.15) is 52.0 Å². The third-order valence-corrected chi connectivity index (χ3v) is 6.50. The summed E-state index contributed by atoms with van der Waals surface area (Å²) in [5, 5.41) is 11.5. The second kappa shape index (κ2) is 9.29. The summed E-state index contributed by atoms with van der Waals surface area (Å²) in [5.41, 5.74) is 1.01. The first-order valence-electron chi connectivity index (χ1n) is 10.6. The SMILES string of the molecule is C[C@@H]1[C@@H](C)CCC[C@@H]1N1C[C@H](C(=O)O[C@@H](C)C(=O)Nc2ccc(C#N)cc2)CC1=O. The van der Waals surface area contributed by atoms with Crippen molar-refractivity contribution >= 4 is 23.5 Å². The van der Waals surface area contributed by atoms with Crippen LogP contribution >= 0.6 is 0 Å². The van der Waals surface area contributed by atoms with Crippen molar-refractivity contribution in [3.05, 3.63) is 29.8 Å². The standard InChI is InChI=1S/C23H29N3O4/c1-14-5-4-6-20(15(14)2)26-13-18(11-21(26)27)23(29)30-16(3)22(28)25-19-9-7-17(12-24)8-10-19/h7-10,14-16,18,20H,4-6,11,13H2,1-3H3,(H,25,28)/t14-,15+,16-,18+,20-/m0/s1. The first-order chi connectivity index (χ1) is 14.3. The number of carbonyl (C=O) groups is 3. The molecule has 2 aliphatic rings. The van der Waals surface area contributed by atoms with Crippen LogP contribution in [0.5, 0.6) is 0 Å². The summed E-state index contributed by atoms with van der Waals surface area (Å²) in [6.45, 7) is 6.28. The topological polar surface area (TPSA) is 99.5 Å². The van der Waals surface area contributed by atoms with Crippen molar-refractivity contribution in [3.63, 3.8) is 0 Å². The van der Waals surface area contributed by atoms with Gasteiger partial charge in [-0.15, -0.1) is 0 Å². The van der Waals surface area contributed by atoms with E-state index in [1.165, 1.54) is 13.3 Å². The molecule has 1 aromatic rings. The Morgan fingerprint density at radius 2 is 1.93 bits per heavy atom. The van der Waals surface area contributed by atoms with Crippen LogP contribution in [-0.2, 0) is 19.1 Å². The van der Waals surface area contributed by atoms with Gasteiger partial charge in [0.15, 0.2) is 6.10 Å². The summed E-state index contributed by atoms with van der Waals surface area (Å²) < 4.78 is 5.36. The molecule has 1 saturated carbocycles. The van der Waals surface area contributed by atoms with Crippen LogP contribution in [0.25, 0.3) is 0 Å². The Morgan fingerprint density at radius 3 is 2.60 bits per heavy atom. The number of hydrogen-bond donors (Lipinski definition) is 1. The van der Waals surface area contributed by atoms with Gasteiger partial charge in [-0.05, 0) is 49.4 Å². The highest BCUT2D eigenvalue weighted by molar-refractivity contribution is 5.95. The van der Waals surface area contributed by atoms with Gasteiger partial charge < -0.3 is 15.0 Å². The summed E-state index contributed by atoms with van der Waals surface area (Å²) >= 11 is 0. The van der Waals surface area contributed by atoms with Crippen molar-refractivity contribution in [3.8, 4) is 6.07 Å². The average Bonchev–Trinajstić information content (AvgIpc) is 3.12. The van der Waals surface area contributed by atoms with E-state index in [4.69, 9.17) is 10.00 Å². The third kappa shape index (κ3) is 4.81. The lowest BCUT2D eigenvalue weighted by Crippen LogP contribution is -2.45. The molecule has 2 fully saturated rings. The summed E-state index contributed by atoms with van der Waals surface area (Å²) in [6, 6.07) is 8.61. The van der Waals surface area contributed by atoms with Crippen LogP contribution in [0.4, 0.5) is 5.69 Å². The molecule has 7 heteroatoms. The molecule has 0 bridgehead atoms. The van der Waals surface area contributed by atoms with Crippen molar-refractivity contribution in [2.24, 2.45) is 17.8 Å². The van der Waals surface area contributed by atoms with Gasteiger partial charge >= 0.3 is 5.97 Å². The molecule has 0 aromatic heterocycles. The molecule has 3 rings (SSSR count). The molecule has 0 radical (unpaired) electrons. The Hall–Kier alpha value is -2.88. The highest BCUT2D eigenvalue weighted by Crippen LogP contribution is 2.36. The fraction of sp³-hybridized carbons (Fsp3) is 0.565. The van der Waals surface area contributed by atoms with Crippen LogP contribution in [0.3, 0.4) is 0 Å². The summed E-state index contributed by atoms with van der Waals surface area (Å²) in [7, 11) is 0. The number of carbonyl (C=O) groups excluding carboxylic acids is 3. The number of rotatable bonds is 5. The minimum absolute atomic E-state index is 0.00223. The number of amides is 2. The normalized spacial score (nSPS) is 27.3. The first kappa shape index (κ1) is 21.8. The molecule has 2 amide bonds. The molecule has 0 unspecified atom stereocenters. The quantitative estimate of drug-likeness (QED) is 0.751. The molecular formula is C23H29N3O4. The summed E-state index contributed by atoms with van der Waals surface area (Å²) in [4.78, 5) is 39.4. The molecule has 0 spiro atoms. The van der Waals surface area contributed by atoms with Crippen molar-refractivity contribution in [1.29, 1.82) is 5.26 Å². The number of anilines is 1. The molecule has 1 N–H and O–H groups in total. The lowest BCUT2D eigenvalue weighted by molar-refractivity contribution is -0.157. The van der Waals surface area contributed by atoms with Gasteiger partial charge in [-0.25, -0.2) is 0 Å². The van der Waals surface area contributed by atoms with Crippen molar-refractivity contribution in [2.75, 3.05) is 11.9 Å². The zero-order valence-corrected chi connectivity index (χ0v) is 17.8. The maximum absolute atomic E-state index is 12.6. The van der Waals surface area contributed by atoms with Crippen molar-refractivity contribution < 1.29 is 19.1 Å². The average molecular weight is 412 g/mol. The minimum atomic E-state index is -0.981. The number of nitrogens with zero attached hydrogens (tertiary/aromatic N) is 2. The maximum Gasteiger partial charge on any atom is 0.312 e. The summed E-state index contributed by atoms with van der Waals surface area (Å²) in [5.74, 6) is -0.526. The molecule has 1 aromatic carbocycles. The van der Waals surface area contributed by atoms with E-state index in [0.717, 1.165) is 12.8 Å². The smallest absolute Gasteiger partial charge is 0.312 e. The predicted octanol–water partition coefficient (Wildman–Crippen LogP) is 3.10. The number of ether oxygens (including phenoxy) is 1. The predicted molar refractivity (Wildman–Crippen MR) is 111 cm³/mol. The number of likely N-dealkylation sites (tertiary alicyclic amines) is 1. The second-order valence-electron chi connectivity index (χ2n) is 8.54. The van der Waals surface area contributed by atoms with E-state index >= 15 is 0 Å². The Labute approximate surface area is 177 Å². The van der Waals surface area contributed by atoms with E-state index in [0.29, 0.717) is 29.6 Å². The largest absolute Gasteiger partial charge is 0.452 e. The molecule has 1 aliphatic heterocycles. The van der Waals surface area contributed by atoms with Crippen molar-refractivity contribution in [1.82, 2.24) is 4.90 Å². The molecule has 5 atom stereocenters. The number of esters is 1. The van der Waals surface area contributed by atoms with E-state index in [1.807, 2.05) is 11.0 Å². The first-order valence-corrected chi connectivity index (χ1v) is 10.6. The zero-order chi connectivity index (χ0) is 21.8. The van der Waals surface area contributed by atoms with Gasteiger partial charge in [0.1, 0.15) is 0 Å². The fourth-order valence-electron chi connectivity index (χ4n) is 4.40. The minimum Gasteiger partial charge on any atom is -0.452 e. The van der Waals surface area contributed by atoms with Gasteiger partial charge in [-0.2, -0.15) is 5.26 Å². The molecule has 1 heterocycles. The van der Waals surface area contributed by atoms with E-state index < -0.39 is 23.9 Å². The van der Waals surface area contributed by atoms with Gasteiger partial charge in [0.2, 0.25) is 5.91 Å². The summed E-state index contributed by atoms with van der Waals surface area (Å²) in [6.07, 6.45) is 2.41. The van der Waals surface area contributed by atoms with Gasteiger partial charge in [0.05, 0.1) is 17.6 Å². The van der Waals surface area contributed by atoms with Crippen LogP contribution in [-0.4, -0.2) is 41.4 Å². The van der Waals surface area contributed by atoms with Crippen molar-refractivity contribution in [2.45, 2.75) is 58.6 Å². The van der Waals surface area contributed by atoms with Gasteiger partial charge in [-0.3, -0.25) is 14.4 Å². The van der Waals surface area contributed by atoms with Crippen LogP contribution in [0.2, 0.25) is 0 Å². The van der Waals surface area contributed by atoms with E-state index in [-0.39, 0.29) is 18.4 Å². The van der Waals surface area contributed by atoms with Gasteiger partial charge in [0, 0.05) is 24.7 Å². The fourth-order valence-corrected chi connectivity index (χ4v) is 4.40. The van der Waals surface area contributed by atoms with Gasteiger partial charge in [0.25, 0.3) is 5.91 Å². The van der Waals surface area contributed by atoms with Crippen LogP contribution < -0.4 is 5.32 Å². The number of hydrogen-bond acceptors (Lipinski definition) is 5. The maximum atomic E-state index is 12.6. The highest BCUT2D eigenvalue weighted by Gasteiger charge is 2.42. The number of nitriles is 1. The second-order valence-corrected chi connectivity index (χ2v) is 8.54. The lowest BCUT2D eigenvalue weighted by Gasteiger charge is -2.39. The molecule has 7 nitrogen and oxygen atoms in total. The molecule has 30 heavy (non-hydrogen) atoms. The highest BCUT2D eigenvalue weighted by atomic mass is 16.5. The van der Waals surface area contributed by atoms with E-state index in [2.05, 4.69) is 19.2 Å². The Kier molecular flexibility index (Phi) is 6.76. The Morgan fingerprint density at radius 1 is 1.23 bits per heavy atom. The molecule has 1 aliphatic carbocycles. The molecular weight excluding hydrogens is 382 g/mol. The van der Waals surface area contributed by atoms with E-state index in [1.54, 1.807) is 24.3 Å². The monoisotopic (exact) mass is 411 g/mol. The van der Waals surface area contributed by atoms with Crippen LogP contribution in [0.15, 0.2) is 24.3 Å². The number of benzene rings is 1. The number of nitrogens with one attached hydrogen (secondary N) is 1. The Bertz CT molecular complexity index is 845. The van der Waals surface area contributed by atoms with Gasteiger partial charge in [-0.1, -0.05) is 26.7 Å². The third-order valence-electron chi connectivity index (χ3n) is 6.50. The van der Waals surface area contributed by atoms with E-state index in [9.17, 15) is 14.4 Å². The lowest BCUT2D eigenvalue weighted by atomic mass is 9.77.